The van der Waals surface area contributed by atoms with Crippen molar-refractivity contribution >= 4 is 44.8 Å². The topological polar surface area (TPSA) is 84.9 Å². The second-order valence-corrected chi connectivity index (χ2v) is 11.5. The Morgan fingerprint density at radius 1 is 1.09 bits per heavy atom. The van der Waals surface area contributed by atoms with Crippen molar-refractivity contribution in [1.82, 2.24) is 4.72 Å². The van der Waals surface area contributed by atoms with Gasteiger partial charge >= 0.3 is 6.11 Å². The molecule has 0 saturated heterocycles. The van der Waals surface area contributed by atoms with Gasteiger partial charge in [0.1, 0.15) is 5.75 Å². The molecular formula is C23H28Cl3F2NO5S. The van der Waals surface area contributed by atoms with Crippen molar-refractivity contribution in [3.63, 3.8) is 0 Å². The van der Waals surface area contributed by atoms with E-state index in [1.807, 2.05) is 18.6 Å². The van der Waals surface area contributed by atoms with E-state index in [0.717, 1.165) is 17.4 Å². The summed E-state index contributed by atoms with van der Waals surface area (Å²) in [5, 5.41) is 10.4. The summed E-state index contributed by atoms with van der Waals surface area (Å²) in [6.07, 6.45) is -5.12. The Bertz CT molecular complexity index is 1080. The lowest BCUT2D eigenvalue weighted by molar-refractivity contribution is -0.240. The van der Waals surface area contributed by atoms with Crippen LogP contribution in [0, 0.1) is 0 Å². The highest BCUT2D eigenvalue weighted by molar-refractivity contribution is 7.88. The van der Waals surface area contributed by atoms with E-state index in [2.05, 4.69) is 0 Å². The minimum atomic E-state index is -3.92. The van der Waals surface area contributed by atoms with Gasteiger partial charge in [0.15, 0.2) is 11.9 Å². The van der Waals surface area contributed by atoms with E-state index >= 15 is 0 Å². The van der Waals surface area contributed by atoms with Gasteiger partial charge < -0.3 is 14.6 Å². The van der Waals surface area contributed by atoms with Crippen molar-refractivity contribution in [2.75, 3.05) is 25.3 Å². The van der Waals surface area contributed by atoms with E-state index in [4.69, 9.17) is 44.3 Å². The number of hydrogen-bond donors (Lipinski definition) is 2. The Kier molecular flexibility index (Phi) is 10.5. The van der Waals surface area contributed by atoms with Crippen LogP contribution in [0.25, 0.3) is 0 Å². The van der Waals surface area contributed by atoms with Gasteiger partial charge in [0, 0.05) is 17.8 Å². The van der Waals surface area contributed by atoms with Gasteiger partial charge in [-0.15, -0.1) is 11.6 Å². The molecule has 0 heterocycles. The lowest BCUT2D eigenvalue weighted by Crippen LogP contribution is -2.41. The number of halogens is 5. The van der Waals surface area contributed by atoms with E-state index < -0.39 is 34.1 Å². The zero-order valence-corrected chi connectivity index (χ0v) is 22.5. The normalized spacial score (nSPS) is 13.5. The maximum atomic E-state index is 14.3. The maximum Gasteiger partial charge on any atom is 0.424 e. The molecule has 0 aliphatic rings. The smallest absolute Gasteiger partial charge is 0.424 e. The summed E-state index contributed by atoms with van der Waals surface area (Å²) < 4.78 is 63.0. The second kappa shape index (κ2) is 12.3. The molecule has 2 aromatic rings. The van der Waals surface area contributed by atoms with Gasteiger partial charge in [-0.2, -0.15) is 8.78 Å². The number of nitrogens with one attached hydrogen (secondary N) is 1. The average Bonchev–Trinajstić information content (AvgIpc) is 2.74. The summed E-state index contributed by atoms with van der Waals surface area (Å²) in [7, 11) is -3.55. The monoisotopic (exact) mass is 573 g/mol. The van der Waals surface area contributed by atoms with E-state index in [0.29, 0.717) is 34.7 Å². The molecule has 6 nitrogen and oxygen atoms in total. The van der Waals surface area contributed by atoms with Crippen LogP contribution >= 0.6 is 34.8 Å². The fourth-order valence-corrected chi connectivity index (χ4v) is 4.36. The molecule has 2 aromatic carbocycles. The van der Waals surface area contributed by atoms with Crippen LogP contribution in [0.3, 0.4) is 0 Å². The summed E-state index contributed by atoms with van der Waals surface area (Å²) >= 11 is 18.4. The Morgan fingerprint density at radius 2 is 1.66 bits per heavy atom. The first-order chi connectivity index (χ1) is 16.2. The van der Waals surface area contributed by atoms with Gasteiger partial charge in [-0.1, -0.05) is 49.2 Å². The Labute approximate surface area is 219 Å². The molecule has 2 N–H and O–H groups in total. The lowest BCUT2D eigenvalue weighted by Gasteiger charge is -2.28. The second-order valence-electron chi connectivity index (χ2n) is 8.44. The van der Waals surface area contributed by atoms with E-state index in [1.54, 1.807) is 24.3 Å². The zero-order valence-electron chi connectivity index (χ0n) is 19.5. The third kappa shape index (κ3) is 8.61. The predicted molar refractivity (Wildman–Crippen MR) is 135 cm³/mol. The number of aliphatic hydroxyl groups is 1. The molecule has 2 rings (SSSR count). The molecule has 0 saturated carbocycles. The van der Waals surface area contributed by atoms with Crippen LogP contribution in [0.15, 0.2) is 36.4 Å². The summed E-state index contributed by atoms with van der Waals surface area (Å²) in [4.78, 5) is 0. The molecule has 0 bridgehead atoms. The number of ether oxygens (including phenoxy) is 2. The van der Waals surface area contributed by atoms with Crippen LogP contribution in [-0.2, 0) is 15.4 Å². The quantitative estimate of drug-likeness (QED) is 0.240. The van der Waals surface area contributed by atoms with Crippen LogP contribution in [0.5, 0.6) is 11.5 Å². The molecule has 35 heavy (non-hydrogen) atoms. The number of aliphatic hydroxyl groups excluding tert-OH is 1. The van der Waals surface area contributed by atoms with E-state index in [1.165, 1.54) is 12.1 Å². The van der Waals surface area contributed by atoms with Gasteiger partial charge in [0.25, 0.3) is 0 Å². The molecule has 0 aliphatic heterocycles. The largest absolute Gasteiger partial charge is 0.490 e. The van der Waals surface area contributed by atoms with Crippen molar-refractivity contribution in [3.05, 3.63) is 57.6 Å². The van der Waals surface area contributed by atoms with Crippen molar-refractivity contribution in [1.29, 1.82) is 0 Å². The van der Waals surface area contributed by atoms with Crippen LogP contribution in [-0.4, -0.2) is 51.0 Å². The van der Waals surface area contributed by atoms with Gasteiger partial charge in [0.05, 0.1) is 22.9 Å². The highest BCUT2D eigenvalue weighted by Gasteiger charge is 2.41. The standard InChI is InChI=1S/C23H28Cl3F2NO5S/c1-22(2,16-13-18(25)21(19(26)14-16)33-12-4-10-24)15-5-7-17(8-6-15)34-23(27,28)20(30)9-11-29-35(3,31)32/h5-8,13-14,20,29-30H,4,9-12H2,1-3H3. The molecule has 0 aromatic heterocycles. The molecule has 1 atom stereocenters. The summed E-state index contributed by atoms with van der Waals surface area (Å²) in [6, 6.07) is 9.44. The minimum absolute atomic E-state index is 0.163. The fraction of sp³-hybridized carbons (Fsp3) is 0.478. The van der Waals surface area contributed by atoms with Crippen molar-refractivity contribution in [2.24, 2.45) is 0 Å². The van der Waals surface area contributed by atoms with Crippen molar-refractivity contribution in [2.45, 2.75) is 44.3 Å². The summed E-state index contributed by atoms with van der Waals surface area (Å²) in [5.41, 5.74) is 0.957. The number of sulfonamides is 1. The number of benzene rings is 2. The number of rotatable bonds is 13. The van der Waals surface area contributed by atoms with Crippen molar-refractivity contribution < 1.29 is 31.8 Å². The molecule has 0 radical (unpaired) electrons. The predicted octanol–water partition coefficient (Wildman–Crippen LogP) is 5.60. The Hall–Kier alpha value is -1.36. The minimum Gasteiger partial charge on any atom is -0.490 e. The SMILES string of the molecule is CC(C)(c1ccc(OC(F)(F)C(O)CCNS(C)(=O)=O)cc1)c1cc(Cl)c(OCCCCl)c(Cl)c1. The Morgan fingerprint density at radius 3 is 2.17 bits per heavy atom. The molecule has 196 valence electrons. The molecule has 12 heteroatoms. The molecule has 1 unspecified atom stereocenters. The zero-order chi connectivity index (χ0) is 26.4. The van der Waals surface area contributed by atoms with Crippen LogP contribution in [0.2, 0.25) is 10.0 Å². The average molecular weight is 575 g/mol. The van der Waals surface area contributed by atoms with Crippen LogP contribution in [0.4, 0.5) is 8.78 Å². The van der Waals surface area contributed by atoms with E-state index in [-0.39, 0.29) is 12.3 Å². The summed E-state index contributed by atoms with van der Waals surface area (Å²) in [5.74, 6) is 0.656. The highest BCUT2D eigenvalue weighted by atomic mass is 35.5. The first-order valence-electron chi connectivity index (χ1n) is 10.7. The molecule has 0 aliphatic carbocycles. The summed E-state index contributed by atoms with van der Waals surface area (Å²) in [6.45, 7) is 3.87. The molecule has 0 amide bonds. The number of alkyl halides is 3. The fourth-order valence-electron chi connectivity index (χ4n) is 3.17. The lowest BCUT2D eigenvalue weighted by atomic mass is 9.78. The van der Waals surface area contributed by atoms with Gasteiger partial charge in [0.2, 0.25) is 10.0 Å². The number of hydrogen-bond acceptors (Lipinski definition) is 5. The van der Waals surface area contributed by atoms with Gasteiger partial charge in [-0.05, 0) is 48.2 Å². The van der Waals surface area contributed by atoms with Gasteiger partial charge in [-0.3, -0.25) is 0 Å². The first kappa shape index (κ1) is 29.9. The first-order valence-corrected chi connectivity index (χ1v) is 13.8. The molecule has 0 spiro atoms. The van der Waals surface area contributed by atoms with Crippen LogP contribution in [0.1, 0.15) is 37.8 Å². The van der Waals surface area contributed by atoms with Crippen molar-refractivity contribution in [3.8, 4) is 11.5 Å². The van der Waals surface area contributed by atoms with Gasteiger partial charge in [-0.25, -0.2) is 13.1 Å². The van der Waals surface area contributed by atoms with E-state index in [9.17, 15) is 22.3 Å². The molecule has 0 fully saturated rings. The van der Waals surface area contributed by atoms with Crippen LogP contribution < -0.4 is 14.2 Å². The third-order valence-electron chi connectivity index (χ3n) is 5.24. The molecular weight excluding hydrogens is 547 g/mol. The Balaban J connectivity index is 2.13. The third-order valence-corrected chi connectivity index (χ3v) is 6.80. The highest BCUT2D eigenvalue weighted by Crippen LogP contribution is 2.41. The maximum absolute atomic E-state index is 14.3.